The zero-order valence-corrected chi connectivity index (χ0v) is 23.6. The van der Waals surface area contributed by atoms with E-state index in [4.69, 9.17) is 13.9 Å². The van der Waals surface area contributed by atoms with Crippen molar-refractivity contribution in [1.82, 2.24) is 0 Å². The summed E-state index contributed by atoms with van der Waals surface area (Å²) in [4.78, 5) is 0. The molecule has 194 valence electrons. The highest BCUT2D eigenvalue weighted by Gasteiger charge is 2.63. The van der Waals surface area contributed by atoms with Crippen LogP contribution in [-0.2, 0) is 13.9 Å². The summed E-state index contributed by atoms with van der Waals surface area (Å²) in [5.41, 5.74) is -1.12. The molecule has 2 saturated carbocycles. The zero-order chi connectivity index (χ0) is 25.7. The van der Waals surface area contributed by atoms with E-state index in [1.54, 1.807) is 0 Å². The molecular weight excluding hydrogens is 456 g/mol. The maximum Gasteiger partial charge on any atom is 0.191 e. The normalized spacial score (nSPS) is 36.6. The maximum absolute atomic E-state index is 11.8. The van der Waals surface area contributed by atoms with Crippen LogP contribution in [0.4, 0.5) is 0 Å². The van der Waals surface area contributed by atoms with Crippen LogP contribution in [0.15, 0.2) is 30.3 Å². The highest BCUT2D eigenvalue weighted by atomic mass is 28.4. The van der Waals surface area contributed by atoms with Gasteiger partial charge in [-0.1, -0.05) is 76.8 Å². The lowest BCUT2D eigenvalue weighted by Crippen LogP contribution is -2.53. The standard InChI is InChI=1S/C29H44O5Si/c1-26(2,3)35(6,7)33-18-14-24-29(31,20-32-25(34-24)21-11-9-8-10-12-21)17-16-28-15-13-22(19-23(28)30)27(28,4)5/h8-12,22-25,30-31H,13-15,18-20H2,1-7H3/t22-,23-,24+,25+,28+,29+/m0/s1. The van der Waals surface area contributed by atoms with Gasteiger partial charge in [-0.3, -0.25) is 0 Å². The monoisotopic (exact) mass is 500 g/mol. The minimum Gasteiger partial charge on any atom is -0.417 e. The fourth-order valence-corrected chi connectivity index (χ4v) is 6.96. The van der Waals surface area contributed by atoms with Crippen LogP contribution in [-0.4, -0.2) is 49.6 Å². The molecule has 0 radical (unpaired) electrons. The van der Waals surface area contributed by atoms with Crippen LogP contribution in [0, 0.1) is 28.6 Å². The smallest absolute Gasteiger partial charge is 0.191 e. The molecule has 0 amide bonds. The maximum atomic E-state index is 11.8. The molecule has 0 spiro atoms. The van der Waals surface area contributed by atoms with Gasteiger partial charge in [-0.05, 0) is 55.1 Å². The van der Waals surface area contributed by atoms with Crippen molar-refractivity contribution in [3.8, 4) is 11.8 Å². The Kier molecular flexibility index (Phi) is 7.11. The Labute approximate surface area is 212 Å². The molecule has 1 aliphatic heterocycles. The van der Waals surface area contributed by atoms with Gasteiger partial charge in [0.1, 0.15) is 6.10 Å². The quantitative estimate of drug-likeness (QED) is 0.417. The van der Waals surface area contributed by atoms with Gasteiger partial charge in [0.2, 0.25) is 0 Å². The van der Waals surface area contributed by atoms with Crippen molar-refractivity contribution < 1.29 is 24.1 Å². The third kappa shape index (κ3) is 4.76. The summed E-state index contributed by atoms with van der Waals surface area (Å²) in [7, 11) is -1.93. The third-order valence-corrected chi connectivity index (χ3v) is 14.2. The van der Waals surface area contributed by atoms with Crippen molar-refractivity contribution in [2.24, 2.45) is 16.7 Å². The molecule has 2 N–H and O–H groups in total. The molecule has 3 aliphatic rings. The summed E-state index contributed by atoms with van der Waals surface area (Å²) < 4.78 is 18.8. The lowest BCUT2D eigenvalue weighted by atomic mass is 9.68. The highest BCUT2D eigenvalue weighted by Crippen LogP contribution is 2.65. The van der Waals surface area contributed by atoms with Crippen molar-refractivity contribution in [2.75, 3.05) is 13.2 Å². The fraction of sp³-hybridized carbons (Fsp3) is 0.724. The second-order valence-electron chi connectivity index (χ2n) is 12.9. The lowest BCUT2D eigenvalue weighted by Gasteiger charge is -2.42. The van der Waals surface area contributed by atoms with Crippen molar-refractivity contribution in [2.45, 2.75) is 103 Å². The predicted molar refractivity (Wildman–Crippen MR) is 140 cm³/mol. The van der Waals surface area contributed by atoms with Gasteiger partial charge in [0.05, 0.1) is 18.1 Å². The van der Waals surface area contributed by atoms with E-state index in [1.807, 2.05) is 30.3 Å². The first kappa shape index (κ1) is 26.8. The SMILES string of the molecule is CC1(C)[C@H]2CC[C@@]1(C#C[C@@]1(O)CO[C@@H](c3ccccc3)O[C@@H]1CCO[Si](C)(C)C(C)(C)C)[C@@H](O)C2. The van der Waals surface area contributed by atoms with Gasteiger partial charge >= 0.3 is 0 Å². The molecule has 3 fully saturated rings. The summed E-state index contributed by atoms with van der Waals surface area (Å²) in [5, 5.41) is 22.8. The van der Waals surface area contributed by atoms with E-state index in [0.717, 1.165) is 24.8 Å². The molecule has 0 aromatic heterocycles. The molecule has 6 atom stereocenters. The second-order valence-corrected chi connectivity index (χ2v) is 17.7. The van der Waals surface area contributed by atoms with Gasteiger partial charge in [0.25, 0.3) is 0 Å². The summed E-state index contributed by atoms with van der Waals surface area (Å²) in [6.45, 7) is 16.1. The molecule has 1 heterocycles. The topological polar surface area (TPSA) is 68.2 Å². The Morgan fingerprint density at radius 1 is 1.14 bits per heavy atom. The average Bonchev–Trinajstić information content (AvgIpc) is 3.14. The Hall–Kier alpha value is -1.20. The molecule has 2 aliphatic carbocycles. The molecule has 6 heteroatoms. The first-order chi connectivity index (χ1) is 16.2. The van der Waals surface area contributed by atoms with Gasteiger partial charge in [-0.15, -0.1) is 0 Å². The molecule has 1 aromatic rings. The largest absolute Gasteiger partial charge is 0.417 e. The third-order valence-electron chi connectivity index (χ3n) is 9.63. The van der Waals surface area contributed by atoms with Crippen LogP contribution in [0.5, 0.6) is 0 Å². The van der Waals surface area contributed by atoms with Crippen LogP contribution >= 0.6 is 0 Å². The summed E-state index contributed by atoms with van der Waals surface area (Å²) in [6.07, 6.45) is 1.66. The number of fused-ring (bicyclic) bond motifs is 2. The van der Waals surface area contributed by atoms with Crippen molar-refractivity contribution in [3.05, 3.63) is 35.9 Å². The number of hydrogen-bond donors (Lipinski definition) is 2. The molecule has 2 bridgehead atoms. The van der Waals surface area contributed by atoms with E-state index in [1.165, 1.54) is 0 Å². The van der Waals surface area contributed by atoms with Crippen LogP contribution in [0.25, 0.3) is 0 Å². The van der Waals surface area contributed by atoms with E-state index in [0.29, 0.717) is 18.9 Å². The van der Waals surface area contributed by atoms with Crippen molar-refractivity contribution in [3.63, 3.8) is 0 Å². The van der Waals surface area contributed by atoms with Gasteiger partial charge in [0.15, 0.2) is 20.2 Å². The summed E-state index contributed by atoms with van der Waals surface area (Å²) in [5.74, 6) is 7.07. The first-order valence-electron chi connectivity index (χ1n) is 13.1. The number of ether oxygens (including phenoxy) is 2. The Morgan fingerprint density at radius 3 is 2.40 bits per heavy atom. The van der Waals surface area contributed by atoms with E-state index in [-0.39, 0.29) is 17.1 Å². The molecule has 1 aromatic carbocycles. The van der Waals surface area contributed by atoms with Crippen molar-refractivity contribution >= 4 is 8.32 Å². The molecule has 0 unspecified atom stereocenters. The molecule has 5 nitrogen and oxygen atoms in total. The van der Waals surface area contributed by atoms with E-state index in [9.17, 15) is 10.2 Å². The number of aliphatic hydroxyl groups excluding tert-OH is 1. The minimum atomic E-state index is -1.93. The Bertz CT molecular complexity index is 959. The molecular formula is C29H44O5Si. The average molecular weight is 501 g/mol. The van der Waals surface area contributed by atoms with Gasteiger partial charge < -0.3 is 24.1 Å². The number of rotatable bonds is 5. The Morgan fingerprint density at radius 2 is 1.83 bits per heavy atom. The number of hydrogen-bond acceptors (Lipinski definition) is 5. The van der Waals surface area contributed by atoms with E-state index >= 15 is 0 Å². The minimum absolute atomic E-state index is 0.0559. The predicted octanol–water partition coefficient (Wildman–Crippen LogP) is 5.43. The van der Waals surface area contributed by atoms with E-state index in [2.05, 4.69) is 59.6 Å². The van der Waals surface area contributed by atoms with Crippen LogP contribution < -0.4 is 0 Å². The van der Waals surface area contributed by atoms with Gasteiger partial charge in [-0.25, -0.2) is 0 Å². The number of aliphatic hydroxyl groups is 2. The van der Waals surface area contributed by atoms with Crippen LogP contribution in [0.1, 0.15) is 72.2 Å². The molecule has 4 rings (SSSR count). The summed E-state index contributed by atoms with van der Waals surface area (Å²) in [6, 6.07) is 9.81. The Balaban J connectivity index is 1.58. The second kappa shape index (κ2) is 9.27. The molecule has 35 heavy (non-hydrogen) atoms. The van der Waals surface area contributed by atoms with Gasteiger partial charge in [-0.2, -0.15) is 0 Å². The molecule has 1 saturated heterocycles. The van der Waals surface area contributed by atoms with Crippen LogP contribution in [0.2, 0.25) is 18.1 Å². The zero-order valence-electron chi connectivity index (χ0n) is 22.6. The fourth-order valence-electron chi connectivity index (χ4n) is 5.90. The highest BCUT2D eigenvalue weighted by molar-refractivity contribution is 6.74. The van der Waals surface area contributed by atoms with Gasteiger partial charge in [0, 0.05) is 12.2 Å². The number of benzene rings is 1. The van der Waals surface area contributed by atoms with Crippen molar-refractivity contribution in [1.29, 1.82) is 0 Å². The first-order valence-corrected chi connectivity index (χ1v) is 16.0. The lowest BCUT2D eigenvalue weighted by molar-refractivity contribution is -0.279. The van der Waals surface area contributed by atoms with Crippen LogP contribution in [0.3, 0.4) is 0 Å². The summed E-state index contributed by atoms with van der Waals surface area (Å²) >= 11 is 0. The van der Waals surface area contributed by atoms with E-state index < -0.39 is 37.8 Å².